The molecule has 0 spiro atoms. The van der Waals surface area contributed by atoms with Gasteiger partial charge in [-0.05, 0) is 49.1 Å². The lowest BCUT2D eigenvalue weighted by atomic mass is 9.95. The average molecular weight is 281 g/mol. The highest BCUT2D eigenvalue weighted by atomic mass is 35.5. The van der Waals surface area contributed by atoms with Crippen LogP contribution in [0.15, 0.2) is 24.3 Å². The van der Waals surface area contributed by atoms with Crippen LogP contribution in [0.2, 0.25) is 5.02 Å². The number of hydrogen-bond donors (Lipinski definition) is 1. The Labute approximate surface area is 122 Å². The number of piperidine rings is 1. The second-order valence-corrected chi connectivity index (χ2v) is 6.66. The van der Waals surface area contributed by atoms with Crippen LogP contribution in [-0.2, 0) is 0 Å². The first kappa shape index (κ1) is 14.7. The van der Waals surface area contributed by atoms with E-state index in [1.54, 1.807) is 0 Å². The molecule has 1 heterocycles. The first-order valence-corrected chi connectivity index (χ1v) is 7.66. The lowest BCUT2D eigenvalue weighted by Gasteiger charge is -2.38. The Hall–Kier alpha value is -0.730. The molecule has 1 aromatic rings. The molecule has 0 aliphatic carbocycles. The largest absolute Gasteiger partial charge is 0.370 e. The summed E-state index contributed by atoms with van der Waals surface area (Å²) < 4.78 is 0. The number of nitrogens with zero attached hydrogens (tertiary/aromatic N) is 1. The number of hydrogen-bond acceptors (Lipinski definition) is 2. The van der Waals surface area contributed by atoms with Gasteiger partial charge in [0.2, 0.25) is 0 Å². The number of anilines is 1. The minimum absolute atomic E-state index is 0.599. The predicted octanol–water partition coefficient (Wildman–Crippen LogP) is 3.80. The second kappa shape index (κ2) is 6.62. The molecule has 2 atom stereocenters. The first-order chi connectivity index (χ1) is 9.04. The van der Waals surface area contributed by atoms with Crippen molar-refractivity contribution in [1.29, 1.82) is 0 Å². The summed E-state index contributed by atoms with van der Waals surface area (Å²) in [6.07, 6.45) is 1.27. The summed E-state index contributed by atoms with van der Waals surface area (Å²) >= 11 is 5.96. The van der Waals surface area contributed by atoms with Crippen LogP contribution in [-0.4, -0.2) is 25.7 Å². The molecular formula is C16H25ClN2. The van der Waals surface area contributed by atoms with E-state index < -0.39 is 0 Å². The highest BCUT2D eigenvalue weighted by molar-refractivity contribution is 6.30. The van der Waals surface area contributed by atoms with Crippen LogP contribution in [0.5, 0.6) is 0 Å². The van der Waals surface area contributed by atoms with E-state index >= 15 is 0 Å². The summed E-state index contributed by atoms with van der Waals surface area (Å²) in [5, 5.41) is 4.50. The Kier molecular flexibility index (Phi) is 5.12. The average Bonchev–Trinajstić information content (AvgIpc) is 2.36. The van der Waals surface area contributed by atoms with Crippen LogP contribution in [0.4, 0.5) is 5.69 Å². The van der Waals surface area contributed by atoms with E-state index in [2.05, 4.69) is 43.1 Å². The van der Waals surface area contributed by atoms with Crippen molar-refractivity contribution in [1.82, 2.24) is 5.32 Å². The molecule has 3 heteroatoms. The van der Waals surface area contributed by atoms with Crippen molar-refractivity contribution in [3.63, 3.8) is 0 Å². The molecule has 0 aromatic heterocycles. The van der Waals surface area contributed by atoms with Gasteiger partial charge in [-0.25, -0.2) is 0 Å². The van der Waals surface area contributed by atoms with Gasteiger partial charge in [0.15, 0.2) is 0 Å². The summed E-state index contributed by atoms with van der Waals surface area (Å²) in [4.78, 5) is 2.47. The lowest BCUT2D eigenvalue weighted by molar-refractivity contribution is 0.339. The molecule has 1 saturated heterocycles. The van der Waals surface area contributed by atoms with Crippen molar-refractivity contribution >= 4 is 17.3 Å². The Morgan fingerprint density at radius 1 is 1.26 bits per heavy atom. The van der Waals surface area contributed by atoms with Crippen molar-refractivity contribution < 1.29 is 0 Å². The SMILES string of the molecule is CC(C)CNC1CC(C)CN(c2ccc(Cl)cc2)C1. The van der Waals surface area contributed by atoms with Gasteiger partial charge >= 0.3 is 0 Å². The third kappa shape index (κ3) is 4.39. The normalized spacial score (nSPS) is 23.9. The van der Waals surface area contributed by atoms with Crippen LogP contribution in [0.25, 0.3) is 0 Å². The van der Waals surface area contributed by atoms with Gasteiger partial charge in [0.25, 0.3) is 0 Å². The van der Waals surface area contributed by atoms with Gasteiger partial charge in [-0.3, -0.25) is 0 Å². The topological polar surface area (TPSA) is 15.3 Å². The number of rotatable bonds is 4. The van der Waals surface area contributed by atoms with Gasteiger partial charge < -0.3 is 10.2 Å². The maximum atomic E-state index is 5.96. The minimum atomic E-state index is 0.599. The van der Waals surface area contributed by atoms with E-state index in [1.165, 1.54) is 12.1 Å². The van der Waals surface area contributed by atoms with Crippen LogP contribution < -0.4 is 10.2 Å². The first-order valence-electron chi connectivity index (χ1n) is 7.28. The predicted molar refractivity (Wildman–Crippen MR) is 84.1 cm³/mol. The molecule has 0 radical (unpaired) electrons. The third-order valence-electron chi connectivity index (χ3n) is 3.67. The van der Waals surface area contributed by atoms with Crippen LogP contribution in [0.1, 0.15) is 27.2 Å². The Morgan fingerprint density at radius 3 is 2.58 bits per heavy atom. The molecule has 1 fully saturated rings. The molecule has 2 nitrogen and oxygen atoms in total. The molecule has 2 unspecified atom stereocenters. The van der Waals surface area contributed by atoms with E-state index in [9.17, 15) is 0 Å². The van der Waals surface area contributed by atoms with Gasteiger partial charge in [-0.2, -0.15) is 0 Å². The quantitative estimate of drug-likeness (QED) is 0.902. The number of halogens is 1. The summed E-state index contributed by atoms with van der Waals surface area (Å²) in [6.45, 7) is 10.2. The number of nitrogens with one attached hydrogen (secondary N) is 1. The van der Waals surface area contributed by atoms with Crippen molar-refractivity contribution in [2.45, 2.75) is 33.2 Å². The lowest BCUT2D eigenvalue weighted by Crippen LogP contribution is -2.49. The second-order valence-electron chi connectivity index (χ2n) is 6.22. The number of benzene rings is 1. The molecule has 0 saturated carbocycles. The molecule has 19 heavy (non-hydrogen) atoms. The van der Waals surface area contributed by atoms with E-state index in [1.807, 2.05) is 12.1 Å². The van der Waals surface area contributed by atoms with Crippen LogP contribution in [0, 0.1) is 11.8 Å². The fourth-order valence-corrected chi connectivity index (χ4v) is 2.89. The van der Waals surface area contributed by atoms with E-state index in [4.69, 9.17) is 11.6 Å². The van der Waals surface area contributed by atoms with Crippen LogP contribution >= 0.6 is 11.6 Å². The molecule has 2 rings (SSSR count). The van der Waals surface area contributed by atoms with Gasteiger partial charge in [0.05, 0.1) is 0 Å². The zero-order valence-electron chi connectivity index (χ0n) is 12.2. The van der Waals surface area contributed by atoms with Gasteiger partial charge in [-0.1, -0.05) is 32.4 Å². The minimum Gasteiger partial charge on any atom is -0.370 e. The molecule has 1 aliphatic rings. The van der Waals surface area contributed by atoms with E-state index in [0.29, 0.717) is 12.0 Å². The monoisotopic (exact) mass is 280 g/mol. The van der Waals surface area contributed by atoms with Crippen molar-refractivity contribution in [3.8, 4) is 0 Å². The summed E-state index contributed by atoms with van der Waals surface area (Å²) in [5.74, 6) is 1.44. The zero-order valence-corrected chi connectivity index (χ0v) is 13.0. The molecule has 0 bridgehead atoms. The maximum Gasteiger partial charge on any atom is 0.0407 e. The van der Waals surface area contributed by atoms with E-state index in [-0.39, 0.29) is 0 Å². The highest BCUT2D eigenvalue weighted by Crippen LogP contribution is 2.24. The smallest absolute Gasteiger partial charge is 0.0407 e. The van der Waals surface area contributed by atoms with E-state index in [0.717, 1.165) is 30.6 Å². The molecule has 106 valence electrons. The molecule has 1 aromatic carbocycles. The van der Waals surface area contributed by atoms with Crippen molar-refractivity contribution in [2.24, 2.45) is 11.8 Å². The zero-order chi connectivity index (χ0) is 13.8. The molecule has 0 amide bonds. The fraction of sp³-hybridized carbons (Fsp3) is 0.625. The third-order valence-corrected chi connectivity index (χ3v) is 3.92. The van der Waals surface area contributed by atoms with Gasteiger partial charge in [0.1, 0.15) is 0 Å². The summed E-state index contributed by atoms with van der Waals surface area (Å²) in [7, 11) is 0. The molecule has 1 N–H and O–H groups in total. The van der Waals surface area contributed by atoms with Crippen molar-refractivity contribution in [2.75, 3.05) is 24.5 Å². The molecular weight excluding hydrogens is 256 g/mol. The Balaban J connectivity index is 1.99. The maximum absolute atomic E-state index is 5.96. The summed E-state index contributed by atoms with van der Waals surface area (Å²) in [5.41, 5.74) is 1.28. The van der Waals surface area contributed by atoms with Gasteiger partial charge in [0, 0.05) is 29.8 Å². The fourth-order valence-electron chi connectivity index (χ4n) is 2.76. The Morgan fingerprint density at radius 2 is 1.95 bits per heavy atom. The van der Waals surface area contributed by atoms with Crippen molar-refractivity contribution in [3.05, 3.63) is 29.3 Å². The standard InChI is InChI=1S/C16H25ClN2/c1-12(2)9-18-15-8-13(3)10-19(11-15)16-6-4-14(17)5-7-16/h4-7,12-13,15,18H,8-11H2,1-3H3. The highest BCUT2D eigenvalue weighted by Gasteiger charge is 2.24. The Bertz CT molecular complexity index is 388. The molecule has 1 aliphatic heterocycles. The summed E-state index contributed by atoms with van der Waals surface area (Å²) in [6, 6.07) is 8.81. The van der Waals surface area contributed by atoms with Crippen LogP contribution in [0.3, 0.4) is 0 Å². The van der Waals surface area contributed by atoms with Gasteiger partial charge in [-0.15, -0.1) is 0 Å².